The molecule has 1 atom stereocenters. The minimum absolute atomic E-state index is 0.0797. The van der Waals surface area contributed by atoms with Crippen LogP contribution in [0.25, 0.3) is 11.3 Å². The van der Waals surface area contributed by atoms with Gasteiger partial charge in [-0.1, -0.05) is 36.4 Å². The molecule has 6 bridgehead atoms. The Bertz CT molecular complexity index is 2310. The average molecular weight is 873 g/mol. The molecule has 8 rings (SSSR count). The maximum absolute atomic E-state index is 13.3. The molecule has 0 radical (unpaired) electrons. The Morgan fingerprint density at radius 3 is 2.44 bits per heavy atom. The standard InChI is InChI=1S/C48H56N8O8/c57-43-15-13-41(45(58)53-43)56-46(59)38-10-7-11-40(44(38)47(56)60)49-18-28-61-25-3-1-2-19-54-20-22-55(23-21-54)24-29-64-42-14-12-37-31-36(42)33-63-27-5-4-26-62-32-34-8-6-9-35(30-34)39-16-17-50-48(51-37)52-39/h4-12,14,16-17,30-31,41,49H,1-3,13,15,18-29,32-33H2,(H,50,51,52)(H,53,57,58)/b5-4+. The minimum Gasteiger partial charge on any atom is -0.492 e. The van der Waals surface area contributed by atoms with E-state index < -0.39 is 29.7 Å². The molecule has 16 nitrogen and oxygen atoms in total. The van der Waals surface area contributed by atoms with Gasteiger partial charge in [-0.25, -0.2) is 9.97 Å². The second kappa shape index (κ2) is 22.0. The third-order valence-corrected chi connectivity index (χ3v) is 11.7. The van der Waals surface area contributed by atoms with Gasteiger partial charge in [-0.05, 0) is 80.3 Å². The third kappa shape index (κ3) is 11.6. The minimum atomic E-state index is -0.995. The van der Waals surface area contributed by atoms with Crippen LogP contribution in [0, 0.1) is 0 Å². The summed E-state index contributed by atoms with van der Waals surface area (Å²) >= 11 is 0. The van der Waals surface area contributed by atoms with E-state index in [2.05, 4.69) is 42.9 Å². The van der Waals surface area contributed by atoms with E-state index in [4.69, 9.17) is 23.9 Å². The Kier molecular flexibility index (Phi) is 15.3. The van der Waals surface area contributed by atoms with Crippen LogP contribution in [0.3, 0.4) is 0 Å². The number of carbonyl (C=O) groups excluding carboxylic acids is 4. The monoisotopic (exact) mass is 872 g/mol. The van der Waals surface area contributed by atoms with E-state index in [1.54, 1.807) is 24.4 Å². The molecule has 64 heavy (non-hydrogen) atoms. The largest absolute Gasteiger partial charge is 0.492 e. The number of benzene rings is 3. The highest BCUT2D eigenvalue weighted by Crippen LogP contribution is 2.32. The molecule has 0 spiro atoms. The number of ether oxygens (including phenoxy) is 4. The second-order valence-electron chi connectivity index (χ2n) is 16.2. The lowest BCUT2D eigenvalue weighted by Gasteiger charge is -2.34. The number of aromatic nitrogens is 2. The van der Waals surface area contributed by atoms with Crippen molar-refractivity contribution in [3.8, 4) is 17.0 Å². The van der Waals surface area contributed by atoms with E-state index >= 15 is 0 Å². The Morgan fingerprint density at radius 1 is 0.781 bits per heavy atom. The number of hydrogen-bond donors (Lipinski definition) is 3. The van der Waals surface area contributed by atoms with Crippen molar-refractivity contribution < 1.29 is 38.1 Å². The summed E-state index contributed by atoms with van der Waals surface area (Å²) in [5.74, 6) is -0.767. The van der Waals surface area contributed by atoms with Crippen molar-refractivity contribution in [2.24, 2.45) is 0 Å². The highest BCUT2D eigenvalue weighted by molar-refractivity contribution is 6.25. The topological polar surface area (TPSA) is 177 Å². The number of piperazine rings is 1. The number of unbranched alkanes of at least 4 members (excludes halogenated alkanes) is 2. The van der Waals surface area contributed by atoms with Crippen molar-refractivity contribution in [2.75, 3.05) is 89.5 Å². The summed E-state index contributed by atoms with van der Waals surface area (Å²) in [5.41, 5.74) is 5.74. The van der Waals surface area contributed by atoms with Gasteiger partial charge in [0.1, 0.15) is 18.4 Å². The molecule has 0 saturated carbocycles. The maximum Gasteiger partial charge on any atom is 0.264 e. The first-order valence-electron chi connectivity index (χ1n) is 22.3. The molecule has 1 unspecified atom stereocenters. The number of piperidine rings is 1. The smallest absolute Gasteiger partial charge is 0.264 e. The number of fused-ring (bicyclic) bond motifs is 8. The van der Waals surface area contributed by atoms with E-state index in [1.807, 2.05) is 48.6 Å². The lowest BCUT2D eigenvalue weighted by molar-refractivity contribution is -0.136. The van der Waals surface area contributed by atoms with Gasteiger partial charge in [-0.3, -0.25) is 34.3 Å². The molecule has 2 fully saturated rings. The molecular weight excluding hydrogens is 817 g/mol. The highest BCUT2D eigenvalue weighted by Gasteiger charge is 2.45. The molecule has 16 heteroatoms. The predicted octanol–water partition coefficient (Wildman–Crippen LogP) is 5.19. The fourth-order valence-electron chi connectivity index (χ4n) is 8.32. The maximum atomic E-state index is 13.3. The van der Waals surface area contributed by atoms with Crippen molar-refractivity contribution in [1.29, 1.82) is 0 Å². The molecule has 5 heterocycles. The number of imide groups is 2. The van der Waals surface area contributed by atoms with E-state index in [0.717, 1.165) is 97.3 Å². The first kappa shape index (κ1) is 44.6. The number of amides is 4. The van der Waals surface area contributed by atoms with Crippen LogP contribution in [0.4, 0.5) is 17.3 Å². The predicted molar refractivity (Wildman–Crippen MR) is 240 cm³/mol. The third-order valence-electron chi connectivity index (χ3n) is 11.7. The van der Waals surface area contributed by atoms with Gasteiger partial charge < -0.3 is 34.5 Å². The quantitative estimate of drug-likeness (QED) is 0.0809. The number of anilines is 3. The second-order valence-corrected chi connectivity index (χ2v) is 16.2. The van der Waals surface area contributed by atoms with Crippen LogP contribution < -0.4 is 20.7 Å². The molecule has 4 aliphatic heterocycles. The van der Waals surface area contributed by atoms with Crippen molar-refractivity contribution in [1.82, 2.24) is 30.0 Å². The Morgan fingerprint density at radius 2 is 1.59 bits per heavy atom. The number of carbonyl (C=O) groups is 4. The average Bonchev–Trinajstić information content (AvgIpc) is 3.56. The molecule has 2 saturated heterocycles. The molecule has 4 aromatic rings. The van der Waals surface area contributed by atoms with Crippen LogP contribution >= 0.6 is 0 Å². The van der Waals surface area contributed by atoms with Crippen molar-refractivity contribution in [3.05, 3.63) is 107 Å². The zero-order valence-corrected chi connectivity index (χ0v) is 36.1. The molecule has 4 aliphatic rings. The van der Waals surface area contributed by atoms with Crippen molar-refractivity contribution in [3.63, 3.8) is 0 Å². The lowest BCUT2D eigenvalue weighted by atomic mass is 10.0. The molecule has 3 N–H and O–H groups in total. The fourth-order valence-corrected chi connectivity index (χ4v) is 8.32. The number of nitrogens with one attached hydrogen (secondary N) is 3. The van der Waals surface area contributed by atoms with Crippen LogP contribution in [0.2, 0.25) is 0 Å². The van der Waals surface area contributed by atoms with Crippen molar-refractivity contribution in [2.45, 2.75) is 51.4 Å². The zero-order chi connectivity index (χ0) is 44.1. The lowest BCUT2D eigenvalue weighted by Crippen LogP contribution is -2.54. The summed E-state index contributed by atoms with van der Waals surface area (Å²) in [6, 6.07) is 20.2. The van der Waals surface area contributed by atoms with E-state index in [-0.39, 0.29) is 24.0 Å². The van der Waals surface area contributed by atoms with Gasteiger partial charge in [0.05, 0.1) is 49.9 Å². The molecule has 1 aromatic heterocycles. The van der Waals surface area contributed by atoms with Crippen LogP contribution in [-0.2, 0) is 37.0 Å². The van der Waals surface area contributed by atoms with Crippen LogP contribution in [0.5, 0.6) is 5.75 Å². The van der Waals surface area contributed by atoms with Crippen LogP contribution in [-0.4, -0.2) is 133 Å². The summed E-state index contributed by atoms with van der Waals surface area (Å²) in [7, 11) is 0. The SMILES string of the molecule is O=C1CCC(N2C(=O)c3cccc(NCCOCCCCCN4CCN(CCOc5ccc6cc5COC/C=C/COCc5cccc(c5)-c5ccnc(n5)N6)CC4)c3C2=O)C(=O)N1. The Hall–Kier alpha value is -6.04. The summed E-state index contributed by atoms with van der Waals surface area (Å²) in [6.45, 7) is 9.92. The summed E-state index contributed by atoms with van der Waals surface area (Å²) in [5, 5.41) is 8.82. The van der Waals surface area contributed by atoms with E-state index in [9.17, 15) is 19.2 Å². The zero-order valence-electron chi connectivity index (χ0n) is 36.1. The van der Waals surface area contributed by atoms with E-state index in [0.29, 0.717) is 64.4 Å². The first-order chi connectivity index (χ1) is 31.4. The van der Waals surface area contributed by atoms with E-state index in [1.165, 1.54) is 0 Å². The van der Waals surface area contributed by atoms with Gasteiger partial charge in [0.15, 0.2) is 0 Å². The number of nitrogens with zero attached hydrogens (tertiary/aromatic N) is 5. The Labute approximate surface area is 373 Å². The summed E-state index contributed by atoms with van der Waals surface area (Å²) in [4.78, 5) is 65.6. The number of hydrogen-bond acceptors (Lipinski definition) is 14. The van der Waals surface area contributed by atoms with Gasteiger partial charge in [-0.2, -0.15) is 0 Å². The molecular formula is C48H56N8O8. The molecule has 4 amide bonds. The van der Waals surface area contributed by atoms with Gasteiger partial charge in [0, 0.05) is 81.0 Å². The van der Waals surface area contributed by atoms with Gasteiger partial charge in [0.2, 0.25) is 17.8 Å². The summed E-state index contributed by atoms with van der Waals surface area (Å²) < 4.78 is 24.1. The molecule has 336 valence electrons. The highest BCUT2D eigenvalue weighted by atomic mass is 16.5. The first-order valence-corrected chi connectivity index (χ1v) is 22.3. The van der Waals surface area contributed by atoms with Gasteiger partial charge in [0.25, 0.3) is 11.8 Å². The molecule has 0 aliphatic carbocycles. The Balaban J connectivity index is 0.714. The van der Waals surface area contributed by atoms with Crippen LogP contribution in [0.1, 0.15) is 63.9 Å². The van der Waals surface area contributed by atoms with Crippen LogP contribution in [0.15, 0.2) is 85.1 Å². The fraction of sp³-hybridized carbons (Fsp3) is 0.417. The van der Waals surface area contributed by atoms with Gasteiger partial charge >= 0.3 is 0 Å². The van der Waals surface area contributed by atoms with Crippen molar-refractivity contribution >= 4 is 41.0 Å². The van der Waals surface area contributed by atoms with Gasteiger partial charge in [-0.15, -0.1) is 0 Å². The summed E-state index contributed by atoms with van der Waals surface area (Å²) in [6.07, 6.45) is 9.05. The number of rotatable bonds is 15. The normalized spacial score (nSPS) is 19.0. The molecule has 3 aromatic carbocycles.